The van der Waals surface area contributed by atoms with Gasteiger partial charge in [-0.1, -0.05) is 6.07 Å². The van der Waals surface area contributed by atoms with E-state index in [9.17, 15) is 0 Å². The Labute approximate surface area is 155 Å². The number of nitrogens with one attached hydrogen (secondary N) is 2. The lowest BCUT2D eigenvalue weighted by molar-refractivity contribution is 0.459. The first-order chi connectivity index (χ1) is 12.7. The van der Waals surface area contributed by atoms with Gasteiger partial charge in [0.15, 0.2) is 5.96 Å². The van der Waals surface area contributed by atoms with E-state index in [-0.39, 0.29) is 0 Å². The normalized spacial score (nSPS) is 15.9. The van der Waals surface area contributed by atoms with E-state index < -0.39 is 0 Å². The van der Waals surface area contributed by atoms with Crippen molar-refractivity contribution in [2.75, 3.05) is 31.1 Å². The van der Waals surface area contributed by atoms with Crippen LogP contribution >= 0.6 is 0 Å². The maximum Gasteiger partial charge on any atom is 0.191 e. The van der Waals surface area contributed by atoms with Crippen LogP contribution in [0.2, 0.25) is 0 Å². The van der Waals surface area contributed by atoms with Gasteiger partial charge in [0.05, 0.1) is 19.3 Å². The summed E-state index contributed by atoms with van der Waals surface area (Å²) < 4.78 is 1.94. The van der Waals surface area contributed by atoms with Gasteiger partial charge < -0.3 is 15.5 Å². The lowest BCUT2D eigenvalue weighted by Crippen LogP contribution is -2.49. The summed E-state index contributed by atoms with van der Waals surface area (Å²) in [6, 6.07) is 6.53. The average molecular weight is 355 g/mol. The second-order valence-corrected chi connectivity index (χ2v) is 6.64. The number of hydrogen-bond donors (Lipinski definition) is 2. The molecular weight excluding hydrogens is 326 g/mol. The first-order valence-electron chi connectivity index (χ1n) is 9.44. The summed E-state index contributed by atoms with van der Waals surface area (Å²) in [5.41, 5.74) is 1.18. The molecule has 0 spiro atoms. The molecule has 0 unspecified atom stereocenters. The molecule has 0 radical (unpaired) electrons. The van der Waals surface area contributed by atoms with Gasteiger partial charge in [0.25, 0.3) is 0 Å². The molecule has 0 atom stereocenters. The second kappa shape index (κ2) is 9.22. The zero-order valence-electron chi connectivity index (χ0n) is 15.7. The molecule has 1 fully saturated rings. The summed E-state index contributed by atoms with van der Waals surface area (Å²) >= 11 is 0. The highest BCUT2D eigenvalue weighted by molar-refractivity contribution is 5.80. The third-order valence-electron chi connectivity index (χ3n) is 4.51. The number of aromatic nitrogens is 3. The van der Waals surface area contributed by atoms with E-state index in [1.54, 1.807) is 0 Å². The highest BCUT2D eigenvalue weighted by Gasteiger charge is 2.20. The number of nitrogens with zero attached hydrogens (tertiary/aromatic N) is 5. The predicted molar refractivity (Wildman–Crippen MR) is 106 cm³/mol. The summed E-state index contributed by atoms with van der Waals surface area (Å²) in [5, 5.41) is 11.2. The summed E-state index contributed by atoms with van der Waals surface area (Å²) in [6.07, 6.45) is 7.95. The molecule has 1 aliphatic heterocycles. The van der Waals surface area contributed by atoms with Crippen LogP contribution in [0.5, 0.6) is 0 Å². The molecule has 7 heteroatoms. The van der Waals surface area contributed by atoms with Crippen molar-refractivity contribution in [1.82, 2.24) is 25.4 Å². The van der Waals surface area contributed by atoms with Crippen LogP contribution in [0.1, 0.15) is 25.3 Å². The standard InChI is InChI=1S/C19H29N7/c1-3-20-19(22-10-13-26-15-16(2)14-23-26)24-17-7-11-25(12-8-17)18-6-4-5-9-21-18/h4-6,9,14-15,17H,3,7-8,10-13H2,1-2H3,(H2,20,22,24). The molecular formula is C19H29N7. The molecule has 26 heavy (non-hydrogen) atoms. The van der Waals surface area contributed by atoms with Crippen LogP contribution in [-0.4, -0.2) is 52.9 Å². The van der Waals surface area contributed by atoms with E-state index in [0.717, 1.165) is 50.8 Å². The molecule has 7 nitrogen and oxygen atoms in total. The van der Waals surface area contributed by atoms with Crippen molar-refractivity contribution in [3.63, 3.8) is 0 Å². The van der Waals surface area contributed by atoms with Crippen LogP contribution < -0.4 is 15.5 Å². The molecule has 3 heterocycles. The zero-order valence-corrected chi connectivity index (χ0v) is 15.7. The van der Waals surface area contributed by atoms with Crippen molar-refractivity contribution in [2.24, 2.45) is 4.99 Å². The maximum atomic E-state index is 4.70. The monoisotopic (exact) mass is 355 g/mol. The number of guanidine groups is 1. The molecule has 140 valence electrons. The molecule has 0 amide bonds. The molecule has 1 saturated heterocycles. The number of aryl methyl sites for hydroxylation is 1. The zero-order chi connectivity index (χ0) is 18.2. The van der Waals surface area contributed by atoms with Crippen LogP contribution in [0.15, 0.2) is 41.8 Å². The number of pyridine rings is 1. The van der Waals surface area contributed by atoms with Gasteiger partial charge in [-0.2, -0.15) is 5.10 Å². The molecule has 3 rings (SSSR count). The Morgan fingerprint density at radius 2 is 2.15 bits per heavy atom. The molecule has 0 aliphatic carbocycles. The fourth-order valence-electron chi connectivity index (χ4n) is 3.16. The average Bonchev–Trinajstić information content (AvgIpc) is 3.08. The Balaban J connectivity index is 1.48. The van der Waals surface area contributed by atoms with Crippen molar-refractivity contribution in [3.05, 3.63) is 42.4 Å². The maximum absolute atomic E-state index is 4.70. The Kier molecular flexibility index (Phi) is 6.46. The number of hydrogen-bond acceptors (Lipinski definition) is 4. The van der Waals surface area contributed by atoms with E-state index in [1.807, 2.05) is 35.4 Å². The summed E-state index contributed by atoms with van der Waals surface area (Å²) in [4.78, 5) is 11.5. The van der Waals surface area contributed by atoms with E-state index >= 15 is 0 Å². The molecule has 1 aliphatic rings. The van der Waals surface area contributed by atoms with Gasteiger partial charge >= 0.3 is 0 Å². The van der Waals surface area contributed by atoms with E-state index in [2.05, 4.69) is 45.5 Å². The molecule has 2 N–H and O–H groups in total. The Bertz CT molecular complexity index is 687. The SMILES string of the molecule is CCNC(=NCCn1cc(C)cn1)NC1CCN(c2ccccn2)CC1. The van der Waals surface area contributed by atoms with Gasteiger partial charge in [-0.05, 0) is 44.4 Å². The minimum atomic E-state index is 0.444. The van der Waals surface area contributed by atoms with Gasteiger partial charge in [-0.3, -0.25) is 9.67 Å². The minimum absolute atomic E-state index is 0.444. The molecule has 0 saturated carbocycles. The highest BCUT2D eigenvalue weighted by Crippen LogP contribution is 2.17. The number of aliphatic imine (C=N–C) groups is 1. The summed E-state index contributed by atoms with van der Waals surface area (Å²) in [7, 11) is 0. The third kappa shape index (κ3) is 5.21. The van der Waals surface area contributed by atoms with Crippen LogP contribution in [0.3, 0.4) is 0 Å². The van der Waals surface area contributed by atoms with Crippen molar-refractivity contribution in [1.29, 1.82) is 0 Å². The van der Waals surface area contributed by atoms with Crippen molar-refractivity contribution >= 4 is 11.8 Å². The van der Waals surface area contributed by atoms with E-state index in [0.29, 0.717) is 12.6 Å². The Morgan fingerprint density at radius 1 is 1.31 bits per heavy atom. The number of piperidine rings is 1. The van der Waals surface area contributed by atoms with Gasteiger partial charge in [0.2, 0.25) is 0 Å². The second-order valence-electron chi connectivity index (χ2n) is 6.64. The quantitative estimate of drug-likeness (QED) is 0.611. The van der Waals surface area contributed by atoms with Crippen LogP contribution in [0.25, 0.3) is 0 Å². The molecule has 2 aromatic heterocycles. The van der Waals surface area contributed by atoms with Crippen molar-refractivity contribution < 1.29 is 0 Å². The fraction of sp³-hybridized carbons (Fsp3) is 0.526. The summed E-state index contributed by atoms with van der Waals surface area (Å²) in [5.74, 6) is 1.97. The van der Waals surface area contributed by atoms with Crippen molar-refractivity contribution in [2.45, 2.75) is 39.3 Å². The first-order valence-corrected chi connectivity index (χ1v) is 9.44. The van der Waals surface area contributed by atoms with Crippen LogP contribution in [0.4, 0.5) is 5.82 Å². The fourth-order valence-corrected chi connectivity index (χ4v) is 3.16. The minimum Gasteiger partial charge on any atom is -0.357 e. The Morgan fingerprint density at radius 3 is 2.81 bits per heavy atom. The van der Waals surface area contributed by atoms with Gasteiger partial charge in [0.1, 0.15) is 5.82 Å². The Hall–Kier alpha value is -2.57. The highest BCUT2D eigenvalue weighted by atomic mass is 15.3. The first kappa shape index (κ1) is 18.2. The molecule has 2 aromatic rings. The van der Waals surface area contributed by atoms with Gasteiger partial charge in [0, 0.05) is 38.1 Å². The van der Waals surface area contributed by atoms with Crippen LogP contribution in [-0.2, 0) is 6.54 Å². The predicted octanol–water partition coefficient (Wildman–Crippen LogP) is 1.81. The smallest absolute Gasteiger partial charge is 0.191 e. The molecule has 0 bridgehead atoms. The van der Waals surface area contributed by atoms with Crippen LogP contribution in [0, 0.1) is 6.92 Å². The number of anilines is 1. The molecule has 0 aromatic carbocycles. The van der Waals surface area contributed by atoms with Crippen molar-refractivity contribution in [3.8, 4) is 0 Å². The lowest BCUT2D eigenvalue weighted by atomic mass is 10.1. The topological polar surface area (TPSA) is 70.4 Å². The lowest BCUT2D eigenvalue weighted by Gasteiger charge is -2.33. The number of rotatable bonds is 6. The largest absolute Gasteiger partial charge is 0.357 e. The van der Waals surface area contributed by atoms with E-state index in [1.165, 1.54) is 5.56 Å². The van der Waals surface area contributed by atoms with Gasteiger partial charge in [-0.25, -0.2) is 4.98 Å². The van der Waals surface area contributed by atoms with Gasteiger partial charge in [-0.15, -0.1) is 0 Å². The van der Waals surface area contributed by atoms with E-state index in [4.69, 9.17) is 4.99 Å². The third-order valence-corrected chi connectivity index (χ3v) is 4.51. The summed E-state index contributed by atoms with van der Waals surface area (Å²) in [6.45, 7) is 8.54.